The number of nitrogens with one attached hydrogen (secondary N) is 1. The molecule has 0 saturated heterocycles. The van der Waals surface area contributed by atoms with Crippen LogP contribution in [0.3, 0.4) is 0 Å². The summed E-state index contributed by atoms with van der Waals surface area (Å²) in [5.41, 5.74) is 4.88. The number of carbonyl (C=O) groups is 1. The lowest BCUT2D eigenvalue weighted by atomic mass is 10.1. The van der Waals surface area contributed by atoms with Gasteiger partial charge in [0, 0.05) is 25.5 Å². The minimum Gasteiger partial charge on any atom is -0.354 e. The Bertz CT molecular complexity index is 378. The van der Waals surface area contributed by atoms with Gasteiger partial charge in [-0.2, -0.15) is 0 Å². The van der Waals surface area contributed by atoms with Gasteiger partial charge in [-0.1, -0.05) is 6.92 Å². The van der Waals surface area contributed by atoms with Gasteiger partial charge < -0.3 is 15.6 Å². The number of hydrogen-bond acceptors (Lipinski definition) is 3. The average molecular weight is 238 g/mol. The van der Waals surface area contributed by atoms with Gasteiger partial charge in [-0.15, -0.1) is 0 Å². The SMILES string of the molecule is Cc1nccn1CC(C)CNC(=O)C(C)(C)N. The first-order valence-electron chi connectivity index (χ1n) is 5.85. The molecule has 0 saturated carbocycles. The highest BCUT2D eigenvalue weighted by molar-refractivity contribution is 5.84. The van der Waals surface area contributed by atoms with Crippen LogP contribution in [-0.2, 0) is 11.3 Å². The summed E-state index contributed by atoms with van der Waals surface area (Å²) in [5, 5.41) is 2.86. The van der Waals surface area contributed by atoms with E-state index in [9.17, 15) is 4.79 Å². The summed E-state index contributed by atoms with van der Waals surface area (Å²) in [6.45, 7) is 8.92. The van der Waals surface area contributed by atoms with Crippen molar-refractivity contribution in [1.29, 1.82) is 0 Å². The van der Waals surface area contributed by atoms with Crippen molar-refractivity contribution in [2.24, 2.45) is 11.7 Å². The van der Waals surface area contributed by atoms with Crippen molar-refractivity contribution < 1.29 is 4.79 Å². The van der Waals surface area contributed by atoms with Gasteiger partial charge in [0.2, 0.25) is 5.91 Å². The fraction of sp³-hybridized carbons (Fsp3) is 0.667. The zero-order valence-corrected chi connectivity index (χ0v) is 11.0. The highest BCUT2D eigenvalue weighted by Gasteiger charge is 2.21. The van der Waals surface area contributed by atoms with Crippen molar-refractivity contribution in [2.45, 2.75) is 39.8 Å². The summed E-state index contributed by atoms with van der Waals surface area (Å²) in [6.07, 6.45) is 3.73. The van der Waals surface area contributed by atoms with Crippen molar-refractivity contribution in [1.82, 2.24) is 14.9 Å². The molecule has 1 rings (SSSR count). The lowest BCUT2D eigenvalue weighted by Crippen LogP contribution is -2.50. The Morgan fingerprint density at radius 3 is 2.76 bits per heavy atom. The molecule has 0 radical (unpaired) electrons. The highest BCUT2D eigenvalue weighted by atomic mass is 16.2. The molecular formula is C12H22N4O. The zero-order chi connectivity index (χ0) is 13.1. The van der Waals surface area contributed by atoms with Crippen molar-refractivity contribution in [2.75, 3.05) is 6.54 Å². The third-order valence-electron chi connectivity index (χ3n) is 2.63. The molecule has 5 nitrogen and oxygen atoms in total. The third kappa shape index (κ3) is 4.19. The van der Waals surface area contributed by atoms with E-state index < -0.39 is 5.54 Å². The van der Waals surface area contributed by atoms with Gasteiger partial charge in [0.1, 0.15) is 5.82 Å². The van der Waals surface area contributed by atoms with Crippen LogP contribution in [-0.4, -0.2) is 27.5 Å². The summed E-state index contributed by atoms with van der Waals surface area (Å²) < 4.78 is 2.07. The number of hydrogen-bond donors (Lipinski definition) is 2. The second kappa shape index (κ2) is 5.31. The Labute approximate surface area is 102 Å². The van der Waals surface area contributed by atoms with Gasteiger partial charge in [0.25, 0.3) is 0 Å². The average Bonchev–Trinajstić information content (AvgIpc) is 2.59. The number of carbonyl (C=O) groups excluding carboxylic acids is 1. The normalized spacial score (nSPS) is 13.5. The molecule has 0 aliphatic rings. The Kier molecular flexibility index (Phi) is 4.28. The molecule has 1 unspecified atom stereocenters. The number of imidazole rings is 1. The fourth-order valence-corrected chi connectivity index (χ4v) is 1.49. The van der Waals surface area contributed by atoms with E-state index in [2.05, 4.69) is 21.8 Å². The number of nitrogens with zero attached hydrogens (tertiary/aromatic N) is 2. The van der Waals surface area contributed by atoms with Gasteiger partial charge in [0.15, 0.2) is 0 Å². The molecule has 5 heteroatoms. The minimum atomic E-state index is -0.815. The molecule has 17 heavy (non-hydrogen) atoms. The van der Waals surface area contributed by atoms with Crippen LogP contribution < -0.4 is 11.1 Å². The van der Waals surface area contributed by atoms with Crippen LogP contribution in [0.2, 0.25) is 0 Å². The van der Waals surface area contributed by atoms with E-state index >= 15 is 0 Å². The molecule has 1 aromatic rings. The van der Waals surface area contributed by atoms with Crippen molar-refractivity contribution in [3.05, 3.63) is 18.2 Å². The van der Waals surface area contributed by atoms with Gasteiger partial charge in [-0.3, -0.25) is 4.79 Å². The highest BCUT2D eigenvalue weighted by Crippen LogP contribution is 2.03. The Morgan fingerprint density at radius 1 is 1.65 bits per heavy atom. The summed E-state index contributed by atoms with van der Waals surface area (Å²) in [5.74, 6) is 1.21. The predicted molar refractivity (Wildman–Crippen MR) is 67.4 cm³/mol. The molecule has 1 heterocycles. The van der Waals surface area contributed by atoms with Gasteiger partial charge in [0.05, 0.1) is 5.54 Å². The number of rotatable bonds is 5. The van der Waals surface area contributed by atoms with E-state index in [4.69, 9.17) is 5.73 Å². The quantitative estimate of drug-likeness (QED) is 0.792. The van der Waals surface area contributed by atoms with E-state index in [0.717, 1.165) is 12.4 Å². The molecule has 0 aromatic carbocycles. The molecule has 0 aliphatic heterocycles. The van der Waals surface area contributed by atoms with E-state index in [1.807, 2.05) is 13.1 Å². The number of aryl methyl sites for hydroxylation is 1. The molecule has 1 aromatic heterocycles. The van der Waals surface area contributed by atoms with Crippen LogP contribution in [0, 0.1) is 12.8 Å². The maximum atomic E-state index is 11.6. The van der Waals surface area contributed by atoms with E-state index in [0.29, 0.717) is 12.5 Å². The Morgan fingerprint density at radius 2 is 2.29 bits per heavy atom. The first-order valence-corrected chi connectivity index (χ1v) is 5.85. The number of aromatic nitrogens is 2. The molecule has 3 N–H and O–H groups in total. The van der Waals surface area contributed by atoms with Crippen LogP contribution in [0.15, 0.2) is 12.4 Å². The smallest absolute Gasteiger partial charge is 0.239 e. The van der Waals surface area contributed by atoms with Gasteiger partial charge in [-0.25, -0.2) is 4.98 Å². The lowest BCUT2D eigenvalue weighted by Gasteiger charge is -2.20. The van der Waals surface area contributed by atoms with E-state index in [-0.39, 0.29) is 5.91 Å². The Hall–Kier alpha value is -1.36. The van der Waals surface area contributed by atoms with E-state index in [1.54, 1.807) is 20.0 Å². The summed E-state index contributed by atoms with van der Waals surface area (Å²) in [4.78, 5) is 15.7. The monoisotopic (exact) mass is 238 g/mol. The van der Waals surface area contributed by atoms with Crippen molar-refractivity contribution in [3.8, 4) is 0 Å². The van der Waals surface area contributed by atoms with Crippen LogP contribution in [0.25, 0.3) is 0 Å². The predicted octanol–water partition coefficient (Wildman–Crippen LogP) is 0.681. The second-order valence-electron chi connectivity index (χ2n) is 5.16. The third-order valence-corrected chi connectivity index (χ3v) is 2.63. The molecule has 0 aliphatic carbocycles. The van der Waals surface area contributed by atoms with Crippen molar-refractivity contribution >= 4 is 5.91 Å². The van der Waals surface area contributed by atoms with Gasteiger partial charge in [-0.05, 0) is 26.7 Å². The summed E-state index contributed by atoms with van der Waals surface area (Å²) in [7, 11) is 0. The number of amides is 1. The maximum absolute atomic E-state index is 11.6. The van der Waals surface area contributed by atoms with Gasteiger partial charge >= 0.3 is 0 Å². The molecule has 0 spiro atoms. The largest absolute Gasteiger partial charge is 0.354 e. The zero-order valence-electron chi connectivity index (χ0n) is 11.0. The molecule has 96 valence electrons. The lowest BCUT2D eigenvalue weighted by molar-refractivity contribution is -0.125. The molecule has 1 amide bonds. The Balaban J connectivity index is 2.39. The maximum Gasteiger partial charge on any atom is 0.239 e. The minimum absolute atomic E-state index is 0.119. The fourth-order valence-electron chi connectivity index (χ4n) is 1.49. The molecular weight excluding hydrogens is 216 g/mol. The van der Waals surface area contributed by atoms with Crippen LogP contribution in [0.4, 0.5) is 0 Å². The van der Waals surface area contributed by atoms with Crippen LogP contribution in [0.1, 0.15) is 26.6 Å². The second-order valence-corrected chi connectivity index (χ2v) is 5.16. The van der Waals surface area contributed by atoms with Crippen molar-refractivity contribution in [3.63, 3.8) is 0 Å². The standard InChI is InChI=1S/C12H22N4O/c1-9(7-15-11(17)12(3,4)13)8-16-6-5-14-10(16)2/h5-6,9H,7-8,13H2,1-4H3,(H,15,17). The van der Waals surface area contributed by atoms with Crippen LogP contribution >= 0.6 is 0 Å². The van der Waals surface area contributed by atoms with Crippen LogP contribution in [0.5, 0.6) is 0 Å². The first-order chi connectivity index (χ1) is 7.80. The summed E-state index contributed by atoms with van der Waals surface area (Å²) in [6, 6.07) is 0. The summed E-state index contributed by atoms with van der Waals surface area (Å²) >= 11 is 0. The molecule has 0 bridgehead atoms. The van der Waals surface area contributed by atoms with E-state index in [1.165, 1.54) is 0 Å². The molecule has 1 atom stereocenters. The topological polar surface area (TPSA) is 72.9 Å². The first kappa shape index (κ1) is 13.7. The number of nitrogens with two attached hydrogens (primary N) is 1. The molecule has 0 fully saturated rings.